The van der Waals surface area contributed by atoms with Crippen LogP contribution in [0.3, 0.4) is 0 Å². The molecule has 2 unspecified atom stereocenters. The zero-order chi connectivity index (χ0) is 51.7. The summed E-state index contributed by atoms with van der Waals surface area (Å²) >= 11 is 6.12. The molecule has 2 fully saturated rings. The van der Waals surface area contributed by atoms with Crippen molar-refractivity contribution >= 4 is 45.1 Å². The number of aliphatic hydroxyl groups excluding tert-OH is 2. The van der Waals surface area contributed by atoms with Crippen LogP contribution in [0.5, 0.6) is 11.5 Å². The van der Waals surface area contributed by atoms with Crippen molar-refractivity contribution in [2.24, 2.45) is 0 Å². The predicted octanol–water partition coefficient (Wildman–Crippen LogP) is 7.83. The smallest absolute Gasteiger partial charge is 0.167 e. The highest BCUT2D eigenvalue weighted by Gasteiger charge is 2.25. The number of hydrogen-bond donors (Lipinski definition) is 2. The topological polar surface area (TPSA) is 166 Å². The first-order chi connectivity index (χ1) is 35.9. The SMILES string of the molecule is COc1ccc(Cn2nc(C(O)CN3CCOCC3)c3ccc(-c4cc(CC(=O)c5cccc(N(C)C)c5)ccc4C)nc32)cc1.COc1ccc(Cn2nc(C(O)CN3CCOCC3)c3ccc(Cl)nc32)cc1. The van der Waals surface area contributed by atoms with E-state index in [4.69, 9.17) is 45.7 Å². The Balaban J connectivity index is 0.000000205. The summed E-state index contributed by atoms with van der Waals surface area (Å²) in [6, 6.07) is 37.1. The lowest BCUT2D eigenvalue weighted by molar-refractivity contribution is 0.0135. The van der Waals surface area contributed by atoms with E-state index < -0.39 is 12.2 Å². The van der Waals surface area contributed by atoms with E-state index in [1.807, 2.05) is 127 Å². The summed E-state index contributed by atoms with van der Waals surface area (Å²) in [6.07, 6.45) is -1.19. The number of β-amino-alcohol motifs (C(OH)–C–C–N with tert-alkyl or cyclic N) is 2. The lowest BCUT2D eigenvalue weighted by Gasteiger charge is -2.28. The molecule has 74 heavy (non-hydrogen) atoms. The maximum Gasteiger partial charge on any atom is 0.167 e. The second-order valence-electron chi connectivity index (χ2n) is 18.9. The molecule has 16 nitrogen and oxygen atoms in total. The number of Topliss-reactive ketones (excluding diaryl/α,β-unsaturated/α-hetero) is 1. The Bertz CT molecular complexity index is 3170. The molecule has 0 amide bonds. The van der Waals surface area contributed by atoms with E-state index in [1.54, 1.807) is 25.0 Å². The fourth-order valence-electron chi connectivity index (χ4n) is 9.33. The number of nitrogens with zero attached hydrogens (tertiary/aromatic N) is 9. The molecule has 10 rings (SSSR count). The Labute approximate surface area is 436 Å². The number of benzene rings is 4. The van der Waals surface area contributed by atoms with E-state index in [1.165, 1.54) is 0 Å². The first-order valence-electron chi connectivity index (χ1n) is 25.0. The van der Waals surface area contributed by atoms with Gasteiger partial charge in [-0.15, -0.1) is 0 Å². The number of carbonyl (C=O) groups excluding carboxylic acids is 1. The molecule has 17 heteroatoms. The molecule has 2 aliphatic heterocycles. The van der Waals surface area contributed by atoms with Gasteiger partial charge in [0.2, 0.25) is 0 Å². The van der Waals surface area contributed by atoms with Gasteiger partial charge in [0.15, 0.2) is 17.1 Å². The minimum Gasteiger partial charge on any atom is -0.497 e. The predicted molar refractivity (Wildman–Crippen MR) is 288 cm³/mol. The third kappa shape index (κ3) is 12.6. The molecule has 0 saturated carbocycles. The molecule has 0 bridgehead atoms. The number of hydrogen-bond acceptors (Lipinski definition) is 14. The number of rotatable bonds is 17. The summed E-state index contributed by atoms with van der Waals surface area (Å²) in [6.45, 7) is 9.95. The van der Waals surface area contributed by atoms with Crippen molar-refractivity contribution in [2.45, 2.75) is 38.6 Å². The normalized spacial score (nSPS) is 15.1. The molecule has 386 valence electrons. The van der Waals surface area contributed by atoms with Crippen LogP contribution >= 0.6 is 11.6 Å². The number of carbonyl (C=O) groups is 1. The maximum atomic E-state index is 13.3. The van der Waals surface area contributed by atoms with Crippen molar-refractivity contribution in [3.63, 3.8) is 0 Å². The van der Waals surface area contributed by atoms with Gasteiger partial charge in [-0.2, -0.15) is 10.2 Å². The largest absolute Gasteiger partial charge is 0.497 e. The summed E-state index contributed by atoms with van der Waals surface area (Å²) < 4.78 is 25.1. The van der Waals surface area contributed by atoms with Crippen molar-refractivity contribution in [3.8, 4) is 22.8 Å². The average Bonchev–Trinajstić information content (AvgIpc) is 3.97. The summed E-state index contributed by atoms with van der Waals surface area (Å²) in [5.74, 6) is 1.66. The monoisotopic (exact) mass is 1020 g/mol. The lowest BCUT2D eigenvalue weighted by Crippen LogP contribution is -2.38. The van der Waals surface area contributed by atoms with Gasteiger partial charge >= 0.3 is 0 Å². The lowest BCUT2D eigenvalue weighted by atomic mass is 9.97. The van der Waals surface area contributed by atoms with Gasteiger partial charge in [0.05, 0.1) is 59.4 Å². The number of ketones is 1. The zero-order valence-corrected chi connectivity index (χ0v) is 43.4. The van der Waals surface area contributed by atoms with Gasteiger partial charge < -0.3 is 34.1 Å². The number of aliphatic hydroxyl groups is 2. The Morgan fingerprint density at radius 2 is 1.18 bits per heavy atom. The van der Waals surface area contributed by atoms with Gasteiger partial charge in [-0.05, 0) is 95.9 Å². The third-order valence-corrected chi connectivity index (χ3v) is 13.7. The van der Waals surface area contributed by atoms with Gasteiger partial charge in [-0.25, -0.2) is 19.3 Å². The molecule has 2 N–H and O–H groups in total. The number of methoxy groups -OCH3 is 2. The molecule has 4 aromatic carbocycles. The summed E-state index contributed by atoms with van der Waals surface area (Å²) in [5, 5.41) is 33.9. The molecule has 8 aromatic rings. The van der Waals surface area contributed by atoms with Crippen molar-refractivity contribution in [1.82, 2.24) is 39.3 Å². The second-order valence-corrected chi connectivity index (χ2v) is 19.3. The van der Waals surface area contributed by atoms with Crippen LogP contribution in [-0.4, -0.2) is 149 Å². The maximum absolute atomic E-state index is 13.3. The van der Waals surface area contributed by atoms with Crippen LogP contribution in [0.4, 0.5) is 5.69 Å². The number of aryl methyl sites for hydroxylation is 1. The number of anilines is 1. The first-order valence-corrected chi connectivity index (χ1v) is 25.3. The molecule has 0 radical (unpaired) electrons. The molecule has 0 spiro atoms. The Kier molecular flexibility index (Phi) is 16.9. The molecular formula is C57H64ClN9O7. The quantitative estimate of drug-likeness (QED) is 0.0670. The minimum absolute atomic E-state index is 0.0679. The fourth-order valence-corrected chi connectivity index (χ4v) is 9.47. The van der Waals surface area contributed by atoms with Crippen LogP contribution in [-0.2, 0) is 29.0 Å². The van der Waals surface area contributed by atoms with E-state index >= 15 is 0 Å². The van der Waals surface area contributed by atoms with E-state index in [9.17, 15) is 15.0 Å². The van der Waals surface area contributed by atoms with E-state index in [0.29, 0.717) is 92.4 Å². The molecule has 4 aromatic heterocycles. The standard InChI is InChI=1S/C37H41N5O4.C20H23ClN4O3/c1-25-8-9-27(21-34(43)28-6-5-7-29(22-28)40(2)3)20-32(25)33-15-14-31-36(35(44)24-41-16-18-46-19-17-41)39-42(37(31)38-33)23-26-10-12-30(45-4)13-11-26;1-27-15-4-2-14(3-5-15)12-25-20-16(6-7-18(21)22-20)19(23-25)17(26)13-24-8-10-28-11-9-24/h5-15,20,22,35,44H,16-19,21,23-24H2,1-4H3;2-7,17,26H,8-13H2,1H3. The Morgan fingerprint density at radius 3 is 1.70 bits per heavy atom. The van der Waals surface area contributed by atoms with Gasteiger partial charge in [0, 0.05) is 87.4 Å². The highest BCUT2D eigenvalue weighted by atomic mass is 35.5. The molecule has 2 aliphatic rings. The fraction of sp³-hybridized carbons (Fsp3) is 0.351. The van der Waals surface area contributed by atoms with Gasteiger partial charge in [0.25, 0.3) is 0 Å². The Hall–Kier alpha value is -6.76. The van der Waals surface area contributed by atoms with Crippen LogP contribution in [0, 0.1) is 6.92 Å². The minimum atomic E-state index is -0.771. The van der Waals surface area contributed by atoms with Crippen LogP contribution in [0.1, 0.15) is 56.2 Å². The van der Waals surface area contributed by atoms with E-state index in [2.05, 4.69) is 27.8 Å². The molecule has 0 aliphatic carbocycles. The van der Waals surface area contributed by atoms with Crippen LogP contribution < -0.4 is 14.4 Å². The number of ether oxygens (including phenoxy) is 4. The third-order valence-electron chi connectivity index (χ3n) is 13.5. The second kappa shape index (κ2) is 24.1. The number of morpholine rings is 2. The molecule has 2 saturated heterocycles. The van der Waals surface area contributed by atoms with Crippen molar-refractivity contribution in [1.29, 1.82) is 0 Å². The number of halogens is 1. The molecular weight excluding hydrogens is 958 g/mol. The van der Waals surface area contributed by atoms with Crippen molar-refractivity contribution in [2.75, 3.05) is 98.9 Å². The summed E-state index contributed by atoms with van der Waals surface area (Å²) in [7, 11) is 7.23. The van der Waals surface area contributed by atoms with Crippen LogP contribution in [0.25, 0.3) is 33.3 Å². The Morgan fingerprint density at radius 1 is 0.662 bits per heavy atom. The van der Waals surface area contributed by atoms with Gasteiger partial charge in [-0.3, -0.25) is 14.6 Å². The number of pyridine rings is 2. The van der Waals surface area contributed by atoms with Crippen molar-refractivity contribution in [3.05, 3.63) is 160 Å². The summed E-state index contributed by atoms with van der Waals surface area (Å²) in [5.41, 5.74) is 10.1. The number of aromatic nitrogens is 6. The zero-order valence-electron chi connectivity index (χ0n) is 42.7. The summed E-state index contributed by atoms with van der Waals surface area (Å²) in [4.78, 5) is 29.3. The molecule has 6 heterocycles. The van der Waals surface area contributed by atoms with Crippen LogP contribution in [0.2, 0.25) is 5.15 Å². The first kappa shape index (κ1) is 52.1. The highest BCUT2D eigenvalue weighted by molar-refractivity contribution is 6.29. The van der Waals surface area contributed by atoms with Crippen LogP contribution in [0.15, 0.2) is 115 Å². The van der Waals surface area contributed by atoms with Crippen molar-refractivity contribution < 1.29 is 34.0 Å². The highest BCUT2D eigenvalue weighted by Crippen LogP contribution is 2.31. The van der Waals surface area contributed by atoms with Gasteiger partial charge in [0.1, 0.15) is 40.2 Å². The molecule has 2 atom stereocenters. The van der Waals surface area contributed by atoms with Gasteiger partial charge in [-0.1, -0.05) is 60.1 Å². The van der Waals surface area contributed by atoms with E-state index in [-0.39, 0.29) is 5.78 Å². The average molecular weight is 1020 g/mol. The number of fused-ring (bicyclic) bond motifs is 2. The van der Waals surface area contributed by atoms with E-state index in [0.717, 1.165) is 87.6 Å².